The Labute approximate surface area is 149 Å². The van der Waals surface area contributed by atoms with Crippen LogP contribution in [0.2, 0.25) is 0 Å². The van der Waals surface area contributed by atoms with Gasteiger partial charge in [-0.1, -0.05) is 13.8 Å². The summed E-state index contributed by atoms with van der Waals surface area (Å²) in [5.74, 6) is -0.150. The molecule has 2 rings (SSSR count). The first kappa shape index (κ1) is 19.8. The lowest BCUT2D eigenvalue weighted by molar-refractivity contribution is -0.123. The molecule has 1 amide bonds. The first-order valence-electron chi connectivity index (χ1n) is 8.47. The molecule has 0 bridgehead atoms. The highest BCUT2D eigenvalue weighted by molar-refractivity contribution is 7.89. The van der Waals surface area contributed by atoms with Gasteiger partial charge in [0.25, 0.3) is 0 Å². The third-order valence-electron chi connectivity index (χ3n) is 4.54. The molecule has 1 aliphatic heterocycles. The topological polar surface area (TPSA) is 69.7 Å². The largest absolute Gasteiger partial charge is 0.352 e. The minimum absolute atomic E-state index is 0.0453. The van der Waals surface area contributed by atoms with Crippen molar-refractivity contribution < 1.29 is 17.6 Å². The molecule has 1 atom stereocenters. The van der Waals surface area contributed by atoms with Crippen molar-refractivity contribution in [2.45, 2.75) is 31.7 Å². The highest BCUT2D eigenvalue weighted by atomic mass is 32.2. The second-order valence-corrected chi connectivity index (χ2v) is 8.67. The molecule has 0 aliphatic carbocycles. The monoisotopic (exact) mass is 371 g/mol. The van der Waals surface area contributed by atoms with Gasteiger partial charge in [-0.05, 0) is 37.1 Å². The average molecular weight is 371 g/mol. The van der Waals surface area contributed by atoms with Crippen LogP contribution in [0.25, 0.3) is 0 Å². The summed E-state index contributed by atoms with van der Waals surface area (Å²) in [4.78, 5) is 14.1. The quantitative estimate of drug-likeness (QED) is 0.818. The number of nitrogens with one attached hydrogen (secondary N) is 1. The molecule has 1 aliphatic rings. The van der Waals surface area contributed by atoms with Gasteiger partial charge in [0.05, 0.1) is 11.4 Å². The Morgan fingerprint density at radius 1 is 1.12 bits per heavy atom. The summed E-state index contributed by atoms with van der Waals surface area (Å²) in [5.41, 5.74) is 0. The summed E-state index contributed by atoms with van der Waals surface area (Å²) in [5, 5.41) is 2.95. The van der Waals surface area contributed by atoms with Gasteiger partial charge in [0, 0.05) is 32.2 Å². The van der Waals surface area contributed by atoms with Gasteiger partial charge in [-0.2, -0.15) is 4.31 Å². The molecule has 8 heteroatoms. The Morgan fingerprint density at radius 3 is 2.20 bits per heavy atom. The SMILES string of the molecule is CC(C)C(C)NC(=O)CN1CCN(S(=O)(=O)c2ccc(F)cc2)CC1. The maximum Gasteiger partial charge on any atom is 0.243 e. The first-order valence-corrected chi connectivity index (χ1v) is 9.91. The summed E-state index contributed by atoms with van der Waals surface area (Å²) >= 11 is 0. The number of hydrogen-bond acceptors (Lipinski definition) is 4. The summed E-state index contributed by atoms with van der Waals surface area (Å²) in [7, 11) is -3.62. The van der Waals surface area contributed by atoms with Crippen molar-refractivity contribution >= 4 is 15.9 Å². The predicted octanol–water partition coefficient (Wildman–Crippen LogP) is 1.29. The number of benzene rings is 1. The van der Waals surface area contributed by atoms with Gasteiger partial charge in [0.15, 0.2) is 0 Å². The van der Waals surface area contributed by atoms with Gasteiger partial charge in [-0.25, -0.2) is 12.8 Å². The highest BCUT2D eigenvalue weighted by Crippen LogP contribution is 2.18. The highest BCUT2D eigenvalue weighted by Gasteiger charge is 2.29. The third kappa shape index (κ3) is 5.23. The molecule has 25 heavy (non-hydrogen) atoms. The molecule has 0 spiro atoms. The molecule has 0 aromatic heterocycles. The number of hydrogen-bond donors (Lipinski definition) is 1. The molecule has 0 radical (unpaired) electrons. The van der Waals surface area contributed by atoms with Crippen molar-refractivity contribution in [1.29, 1.82) is 0 Å². The summed E-state index contributed by atoms with van der Waals surface area (Å²) in [6, 6.07) is 4.94. The van der Waals surface area contributed by atoms with E-state index in [0.717, 1.165) is 12.1 Å². The molecule has 1 N–H and O–H groups in total. The normalized spacial score (nSPS) is 18.3. The van der Waals surface area contributed by atoms with E-state index in [1.54, 1.807) is 0 Å². The van der Waals surface area contributed by atoms with E-state index in [-0.39, 0.29) is 23.4 Å². The molecule has 1 aromatic carbocycles. The van der Waals surface area contributed by atoms with Gasteiger partial charge in [0.1, 0.15) is 5.82 Å². The fourth-order valence-corrected chi connectivity index (χ4v) is 3.98. The maximum atomic E-state index is 13.0. The average Bonchev–Trinajstić information content (AvgIpc) is 2.55. The Balaban J connectivity index is 1.89. The van der Waals surface area contributed by atoms with E-state index < -0.39 is 15.8 Å². The van der Waals surface area contributed by atoms with Crippen LogP contribution in [0, 0.1) is 11.7 Å². The number of sulfonamides is 1. The van der Waals surface area contributed by atoms with Crippen LogP contribution < -0.4 is 5.32 Å². The van der Waals surface area contributed by atoms with Gasteiger partial charge >= 0.3 is 0 Å². The molecule has 6 nitrogen and oxygen atoms in total. The van der Waals surface area contributed by atoms with E-state index in [1.165, 1.54) is 16.4 Å². The van der Waals surface area contributed by atoms with Crippen LogP contribution in [0.3, 0.4) is 0 Å². The number of carbonyl (C=O) groups is 1. The minimum Gasteiger partial charge on any atom is -0.352 e. The zero-order valence-electron chi connectivity index (χ0n) is 14.9. The Kier molecular flexibility index (Phi) is 6.53. The Morgan fingerprint density at radius 2 is 1.68 bits per heavy atom. The second-order valence-electron chi connectivity index (χ2n) is 6.73. The van der Waals surface area contributed by atoms with Crippen molar-refractivity contribution in [3.63, 3.8) is 0 Å². The number of carbonyl (C=O) groups excluding carboxylic acids is 1. The third-order valence-corrected chi connectivity index (χ3v) is 6.45. The van der Waals surface area contributed by atoms with Crippen molar-refractivity contribution in [1.82, 2.24) is 14.5 Å². The van der Waals surface area contributed by atoms with Crippen LogP contribution >= 0.6 is 0 Å². The van der Waals surface area contributed by atoms with E-state index >= 15 is 0 Å². The standard InChI is InChI=1S/C17H26FN3O3S/c1-13(2)14(3)19-17(22)12-20-8-10-21(11-9-20)25(23,24)16-6-4-15(18)5-7-16/h4-7,13-14H,8-12H2,1-3H3,(H,19,22). The molecular weight excluding hydrogens is 345 g/mol. The maximum absolute atomic E-state index is 13.0. The predicted molar refractivity (Wildman–Crippen MR) is 94.0 cm³/mol. The lowest BCUT2D eigenvalue weighted by Crippen LogP contribution is -2.51. The molecule has 1 saturated heterocycles. The van der Waals surface area contributed by atoms with Gasteiger partial charge < -0.3 is 5.32 Å². The summed E-state index contributed by atoms with van der Waals surface area (Å²) in [6.07, 6.45) is 0. The first-order chi connectivity index (χ1) is 11.7. The molecule has 1 heterocycles. The lowest BCUT2D eigenvalue weighted by atomic mass is 10.1. The zero-order valence-corrected chi connectivity index (χ0v) is 15.7. The van der Waals surface area contributed by atoms with E-state index in [0.29, 0.717) is 32.1 Å². The van der Waals surface area contributed by atoms with Crippen LogP contribution in [-0.4, -0.2) is 62.3 Å². The summed E-state index contributed by atoms with van der Waals surface area (Å²) in [6.45, 7) is 7.93. The van der Waals surface area contributed by atoms with Crippen LogP contribution in [-0.2, 0) is 14.8 Å². The lowest BCUT2D eigenvalue weighted by Gasteiger charge is -2.33. The molecule has 1 aromatic rings. The van der Waals surface area contributed by atoms with Crippen molar-refractivity contribution in [2.75, 3.05) is 32.7 Å². The zero-order chi connectivity index (χ0) is 18.6. The number of nitrogens with zero attached hydrogens (tertiary/aromatic N) is 2. The van der Waals surface area contributed by atoms with Crippen molar-refractivity contribution in [3.05, 3.63) is 30.1 Å². The number of halogens is 1. The number of rotatable bonds is 6. The van der Waals surface area contributed by atoms with Gasteiger partial charge in [0.2, 0.25) is 15.9 Å². The molecular formula is C17H26FN3O3S. The van der Waals surface area contributed by atoms with Crippen LogP contribution in [0.1, 0.15) is 20.8 Å². The van der Waals surface area contributed by atoms with Crippen LogP contribution in [0.15, 0.2) is 29.2 Å². The smallest absolute Gasteiger partial charge is 0.243 e. The van der Waals surface area contributed by atoms with Gasteiger partial charge in [-0.15, -0.1) is 0 Å². The fraction of sp³-hybridized carbons (Fsp3) is 0.588. The fourth-order valence-electron chi connectivity index (χ4n) is 2.55. The van der Waals surface area contributed by atoms with E-state index in [4.69, 9.17) is 0 Å². The van der Waals surface area contributed by atoms with Gasteiger partial charge in [-0.3, -0.25) is 9.69 Å². The second kappa shape index (κ2) is 8.25. The number of amides is 1. The van der Waals surface area contributed by atoms with E-state index in [1.807, 2.05) is 25.7 Å². The van der Waals surface area contributed by atoms with Crippen LogP contribution in [0.5, 0.6) is 0 Å². The molecule has 1 fully saturated rings. The van der Waals surface area contributed by atoms with Crippen molar-refractivity contribution in [2.24, 2.45) is 5.92 Å². The Hall–Kier alpha value is -1.51. The van der Waals surface area contributed by atoms with E-state index in [2.05, 4.69) is 5.32 Å². The Bertz CT molecular complexity index is 684. The van der Waals surface area contributed by atoms with Crippen LogP contribution in [0.4, 0.5) is 4.39 Å². The molecule has 1 unspecified atom stereocenters. The molecule has 140 valence electrons. The van der Waals surface area contributed by atoms with Crippen molar-refractivity contribution in [3.8, 4) is 0 Å². The minimum atomic E-state index is -3.62. The number of piperazine rings is 1. The molecule has 0 saturated carbocycles. The van der Waals surface area contributed by atoms with E-state index in [9.17, 15) is 17.6 Å². The summed E-state index contributed by atoms with van der Waals surface area (Å²) < 4.78 is 39.5.